The van der Waals surface area contributed by atoms with Crippen LogP contribution in [0.2, 0.25) is 0 Å². The first-order valence-electron chi connectivity index (χ1n) is 21.6. The highest BCUT2D eigenvalue weighted by atomic mass is 32.1. The van der Waals surface area contributed by atoms with Crippen molar-refractivity contribution < 1.29 is 0 Å². The Kier molecular flexibility index (Phi) is 9.35. The number of rotatable bonds is 7. The standard InChI is InChI=1S/C59H34N6S/c1-61-51-22-12-10-20-45(51)42-25-29-47-46-28-24-41(44-19-9-8-18-43(44)36-60)34-53(46)65(54(47)35-42)52-30-26-39(40-27-31-56-49(32-40)48-21-11-13-23-55(48)66-56)33-50(52)59-63-57(37-14-4-2-5-15-37)62-58(64-59)38-16-6-3-7-17-38/h2-35H. The van der Waals surface area contributed by atoms with Gasteiger partial charge in [0.25, 0.3) is 0 Å². The van der Waals surface area contributed by atoms with Gasteiger partial charge in [-0.2, -0.15) is 5.26 Å². The van der Waals surface area contributed by atoms with Gasteiger partial charge in [-0.3, -0.25) is 0 Å². The van der Waals surface area contributed by atoms with Crippen molar-refractivity contribution in [2.75, 3.05) is 0 Å². The van der Waals surface area contributed by atoms with Crippen molar-refractivity contribution in [1.82, 2.24) is 19.5 Å². The Morgan fingerprint density at radius 3 is 1.67 bits per heavy atom. The minimum Gasteiger partial charge on any atom is -0.308 e. The van der Waals surface area contributed by atoms with Crippen LogP contribution in [-0.4, -0.2) is 19.5 Å². The molecule has 0 aliphatic heterocycles. The fourth-order valence-corrected chi connectivity index (χ4v) is 10.3. The summed E-state index contributed by atoms with van der Waals surface area (Å²) in [6.07, 6.45) is 0. The number of para-hydroxylation sites is 1. The summed E-state index contributed by atoms with van der Waals surface area (Å²) in [6.45, 7) is 8.03. The fourth-order valence-electron chi connectivity index (χ4n) is 9.19. The summed E-state index contributed by atoms with van der Waals surface area (Å²) in [7, 11) is 0. The lowest BCUT2D eigenvalue weighted by molar-refractivity contribution is 1.06. The zero-order valence-corrected chi connectivity index (χ0v) is 36.0. The Morgan fingerprint density at radius 2 is 0.970 bits per heavy atom. The maximum absolute atomic E-state index is 10.2. The van der Waals surface area contributed by atoms with Crippen LogP contribution in [0.3, 0.4) is 0 Å². The molecule has 12 aromatic rings. The third kappa shape index (κ3) is 6.59. The van der Waals surface area contributed by atoms with E-state index in [2.05, 4.69) is 113 Å². The predicted molar refractivity (Wildman–Crippen MR) is 271 cm³/mol. The molecule has 3 heterocycles. The summed E-state index contributed by atoms with van der Waals surface area (Å²) in [5, 5.41) is 14.8. The van der Waals surface area contributed by atoms with Gasteiger partial charge in [-0.15, -0.1) is 11.3 Å². The molecule has 0 radical (unpaired) electrons. The van der Waals surface area contributed by atoms with E-state index in [0.29, 0.717) is 28.7 Å². The molecule has 0 saturated heterocycles. The topological polar surface area (TPSA) is 71.8 Å². The lowest BCUT2D eigenvalue weighted by Gasteiger charge is -2.17. The number of fused-ring (bicyclic) bond motifs is 6. The number of nitriles is 1. The van der Waals surface area contributed by atoms with Crippen LogP contribution in [0.5, 0.6) is 0 Å². The first kappa shape index (κ1) is 38.6. The third-order valence-corrected chi connectivity index (χ3v) is 13.5. The molecule has 6 nitrogen and oxygen atoms in total. The highest BCUT2D eigenvalue weighted by molar-refractivity contribution is 7.25. The summed E-state index contributed by atoms with van der Waals surface area (Å²) in [4.78, 5) is 19.6. The van der Waals surface area contributed by atoms with Gasteiger partial charge < -0.3 is 4.57 Å². The molecule has 0 unspecified atom stereocenters. The highest BCUT2D eigenvalue weighted by Crippen LogP contribution is 2.43. The number of hydrogen-bond donors (Lipinski definition) is 0. The molecular weight excluding hydrogens is 825 g/mol. The Bertz CT molecular complexity index is 3790. The molecule has 306 valence electrons. The molecule has 3 aromatic heterocycles. The first-order valence-corrected chi connectivity index (χ1v) is 22.4. The number of aromatic nitrogens is 4. The van der Waals surface area contributed by atoms with E-state index in [0.717, 1.165) is 77.6 Å². The van der Waals surface area contributed by atoms with Crippen LogP contribution in [0.1, 0.15) is 5.56 Å². The third-order valence-electron chi connectivity index (χ3n) is 12.3. The van der Waals surface area contributed by atoms with E-state index in [1.807, 2.05) is 109 Å². The van der Waals surface area contributed by atoms with Gasteiger partial charge >= 0.3 is 0 Å². The number of benzene rings is 9. The van der Waals surface area contributed by atoms with Crippen molar-refractivity contribution in [1.29, 1.82) is 5.26 Å². The van der Waals surface area contributed by atoms with Crippen molar-refractivity contribution in [2.24, 2.45) is 0 Å². The molecule has 12 rings (SSSR count). The predicted octanol–water partition coefficient (Wildman–Crippen LogP) is 15.8. The molecule has 0 saturated carbocycles. The van der Waals surface area contributed by atoms with Gasteiger partial charge in [-0.1, -0.05) is 158 Å². The summed E-state index contributed by atoms with van der Waals surface area (Å²) < 4.78 is 4.80. The van der Waals surface area contributed by atoms with Crippen molar-refractivity contribution in [3.05, 3.63) is 223 Å². The number of nitrogens with zero attached hydrogens (tertiary/aromatic N) is 6. The first-order chi connectivity index (χ1) is 32.6. The van der Waals surface area contributed by atoms with Gasteiger partial charge in [-0.25, -0.2) is 19.8 Å². The van der Waals surface area contributed by atoms with E-state index in [1.54, 1.807) is 11.3 Å². The zero-order chi connectivity index (χ0) is 44.1. The molecule has 7 heteroatoms. The lowest BCUT2D eigenvalue weighted by atomic mass is 9.98. The van der Waals surface area contributed by atoms with Crippen LogP contribution < -0.4 is 0 Å². The van der Waals surface area contributed by atoms with Crippen molar-refractivity contribution in [3.63, 3.8) is 0 Å². The van der Waals surface area contributed by atoms with Gasteiger partial charge in [0.15, 0.2) is 23.2 Å². The monoisotopic (exact) mass is 858 g/mol. The fraction of sp³-hybridized carbons (Fsp3) is 0. The number of thiophene rings is 1. The Morgan fingerprint density at radius 1 is 0.424 bits per heavy atom. The van der Waals surface area contributed by atoms with Crippen molar-refractivity contribution >= 4 is 59.0 Å². The highest BCUT2D eigenvalue weighted by Gasteiger charge is 2.22. The van der Waals surface area contributed by atoms with Gasteiger partial charge in [0.2, 0.25) is 0 Å². The largest absolute Gasteiger partial charge is 0.308 e. The molecule has 66 heavy (non-hydrogen) atoms. The molecule has 0 bridgehead atoms. The summed E-state index contributed by atoms with van der Waals surface area (Å²) in [5.41, 5.74) is 12.2. The van der Waals surface area contributed by atoms with E-state index < -0.39 is 0 Å². The van der Waals surface area contributed by atoms with Crippen molar-refractivity contribution in [3.8, 4) is 79.3 Å². The van der Waals surface area contributed by atoms with E-state index in [4.69, 9.17) is 21.5 Å². The lowest BCUT2D eigenvalue weighted by Crippen LogP contribution is -2.04. The van der Waals surface area contributed by atoms with Gasteiger partial charge in [-0.05, 0) is 81.9 Å². The Hall–Kier alpha value is -9.01. The summed E-state index contributed by atoms with van der Waals surface area (Å²) in [5.74, 6) is 1.66. The minimum atomic E-state index is 0.525. The normalized spacial score (nSPS) is 11.3. The second-order valence-corrected chi connectivity index (χ2v) is 17.2. The van der Waals surface area contributed by atoms with Crippen LogP contribution in [0.4, 0.5) is 5.69 Å². The van der Waals surface area contributed by atoms with Crippen molar-refractivity contribution in [2.45, 2.75) is 0 Å². The minimum absolute atomic E-state index is 0.525. The molecular formula is C59H34N6S. The van der Waals surface area contributed by atoms with Crippen LogP contribution in [0, 0.1) is 17.9 Å². The molecule has 0 N–H and O–H groups in total. The number of hydrogen-bond acceptors (Lipinski definition) is 5. The quantitative estimate of drug-likeness (QED) is 0.150. The molecule has 0 amide bonds. The molecule has 0 aliphatic rings. The van der Waals surface area contributed by atoms with E-state index in [9.17, 15) is 5.26 Å². The zero-order valence-electron chi connectivity index (χ0n) is 35.2. The van der Waals surface area contributed by atoms with Gasteiger partial charge in [0, 0.05) is 47.6 Å². The second kappa shape index (κ2) is 16.0. The van der Waals surface area contributed by atoms with Crippen LogP contribution >= 0.6 is 11.3 Å². The average Bonchev–Trinajstić information content (AvgIpc) is 3.93. The second-order valence-electron chi connectivity index (χ2n) is 16.2. The maximum atomic E-state index is 10.2. The maximum Gasteiger partial charge on any atom is 0.194 e. The van der Waals surface area contributed by atoms with Crippen LogP contribution in [-0.2, 0) is 0 Å². The Balaban J connectivity index is 1.18. The van der Waals surface area contributed by atoms with E-state index in [1.165, 1.54) is 20.2 Å². The Labute approximate surface area is 384 Å². The van der Waals surface area contributed by atoms with Gasteiger partial charge in [0.05, 0.1) is 34.9 Å². The average molecular weight is 859 g/mol. The molecule has 9 aromatic carbocycles. The van der Waals surface area contributed by atoms with Crippen LogP contribution in [0.15, 0.2) is 206 Å². The van der Waals surface area contributed by atoms with Crippen LogP contribution in [0.25, 0.3) is 120 Å². The van der Waals surface area contributed by atoms with Gasteiger partial charge in [0.1, 0.15) is 0 Å². The smallest absolute Gasteiger partial charge is 0.194 e. The molecule has 0 atom stereocenters. The molecule has 0 aliphatic carbocycles. The summed E-state index contributed by atoms with van der Waals surface area (Å²) in [6, 6.07) is 72.8. The molecule has 0 spiro atoms. The summed E-state index contributed by atoms with van der Waals surface area (Å²) >= 11 is 1.81. The van der Waals surface area contributed by atoms with E-state index >= 15 is 0 Å². The van der Waals surface area contributed by atoms with E-state index in [-0.39, 0.29) is 0 Å². The molecule has 0 fully saturated rings. The SMILES string of the molecule is [C-]#[N+]c1ccccc1-c1ccc2c3ccc(-c4ccccc4C#N)cc3n(-c3ccc(-c4ccc5sc6ccccc6c5c4)cc3-c3nc(-c4ccccc4)nc(-c4ccccc4)n3)c2c1.